The zero-order chi connectivity index (χ0) is 37.2. The van der Waals surface area contributed by atoms with Gasteiger partial charge < -0.3 is 43.5 Å². The van der Waals surface area contributed by atoms with Gasteiger partial charge in [-0.1, -0.05) is 36.4 Å². The molecule has 15 heteroatoms. The Bertz CT molecular complexity index is 1750. The minimum atomic E-state index is -1.02. The Morgan fingerprint density at radius 2 is 1.77 bits per heavy atom. The molecule has 0 saturated carbocycles. The van der Waals surface area contributed by atoms with Gasteiger partial charge in [-0.3, -0.25) is 4.90 Å². The molecule has 1 unspecified atom stereocenters. The Balaban J connectivity index is 1.10. The average Bonchev–Trinajstić information content (AvgIpc) is 3.52. The third-order valence-electron chi connectivity index (χ3n) is 10.0. The maximum absolute atomic E-state index is 12.0. The lowest BCUT2D eigenvalue weighted by Crippen LogP contribution is -2.55. The number of piperazine rings is 1. The molecule has 3 atom stereocenters. The van der Waals surface area contributed by atoms with E-state index in [1.54, 1.807) is 6.92 Å². The standard InChI is InChI=1S/C38H49N7O8/c1-3-51-35(46)26-50-18-17-49-19-20-52-30-21-29(42(2)23-30)25-53-37-40-33-24-43(34-10-6-8-27-7-4-5-9-31(27)34)14-12-32(33)36(41-37)44-15-16-45(38(47)48)28(22-44)11-13-39/h4-10,28-30H,3,11-12,14-26H2,1-2H3,(H,47,48)/t28?,29-,30+/m0/s1. The van der Waals surface area contributed by atoms with E-state index in [1.165, 1.54) is 15.7 Å². The van der Waals surface area contributed by atoms with E-state index in [4.69, 9.17) is 33.7 Å². The van der Waals surface area contributed by atoms with Gasteiger partial charge in [0.25, 0.3) is 0 Å². The minimum absolute atomic E-state index is 0.0223. The number of hydrogen-bond donors (Lipinski definition) is 1. The molecule has 4 heterocycles. The van der Waals surface area contributed by atoms with Crippen LogP contribution in [0.1, 0.15) is 31.0 Å². The van der Waals surface area contributed by atoms with Crippen LogP contribution in [0, 0.1) is 11.3 Å². The molecule has 2 fully saturated rings. The molecule has 0 radical (unpaired) electrons. The summed E-state index contributed by atoms with van der Waals surface area (Å²) in [5.41, 5.74) is 3.06. The van der Waals surface area contributed by atoms with E-state index in [0.29, 0.717) is 65.7 Å². The number of fused-ring (bicyclic) bond motifs is 2. The molecule has 2 aromatic carbocycles. The van der Waals surface area contributed by atoms with Crippen LogP contribution in [0.2, 0.25) is 0 Å². The van der Waals surface area contributed by atoms with Gasteiger partial charge in [-0.05, 0) is 38.3 Å². The fraction of sp³-hybridized carbons (Fsp3) is 0.553. The molecule has 284 valence electrons. The zero-order valence-corrected chi connectivity index (χ0v) is 30.5. The molecule has 0 aliphatic carbocycles. The number of aromatic nitrogens is 2. The summed E-state index contributed by atoms with van der Waals surface area (Å²) in [7, 11) is 2.05. The summed E-state index contributed by atoms with van der Waals surface area (Å²) >= 11 is 0. The molecule has 15 nitrogen and oxygen atoms in total. The van der Waals surface area contributed by atoms with Gasteiger partial charge in [0.1, 0.15) is 19.0 Å². The van der Waals surface area contributed by atoms with Crippen LogP contribution in [0.15, 0.2) is 42.5 Å². The number of nitriles is 1. The Morgan fingerprint density at radius 1 is 0.962 bits per heavy atom. The maximum Gasteiger partial charge on any atom is 0.407 e. The number of benzene rings is 2. The first-order chi connectivity index (χ1) is 25.8. The largest absolute Gasteiger partial charge is 0.465 e. The summed E-state index contributed by atoms with van der Waals surface area (Å²) in [6.45, 7) is 7.10. The molecule has 3 aromatic rings. The predicted octanol–water partition coefficient (Wildman–Crippen LogP) is 3.34. The van der Waals surface area contributed by atoms with Crippen LogP contribution >= 0.6 is 0 Å². The third-order valence-corrected chi connectivity index (χ3v) is 10.0. The van der Waals surface area contributed by atoms with Crippen LogP contribution in [0.25, 0.3) is 10.8 Å². The molecule has 3 aliphatic rings. The number of carbonyl (C=O) groups excluding carboxylic acids is 1. The number of rotatable bonds is 16. The Morgan fingerprint density at radius 3 is 2.60 bits per heavy atom. The molecule has 0 bridgehead atoms. The quantitative estimate of drug-likeness (QED) is 0.169. The van der Waals surface area contributed by atoms with E-state index in [9.17, 15) is 20.0 Å². The number of likely N-dealkylation sites (N-methyl/N-ethyl adjacent to an activating group) is 1. The summed E-state index contributed by atoms with van der Waals surface area (Å²) in [6, 6.07) is 16.8. The summed E-state index contributed by atoms with van der Waals surface area (Å²) in [6.07, 6.45) is 0.596. The van der Waals surface area contributed by atoms with Gasteiger partial charge in [-0.2, -0.15) is 15.2 Å². The van der Waals surface area contributed by atoms with Crippen molar-refractivity contribution >= 4 is 34.3 Å². The van der Waals surface area contributed by atoms with Gasteiger partial charge in [0.15, 0.2) is 0 Å². The van der Waals surface area contributed by atoms with Crippen molar-refractivity contribution in [3.05, 3.63) is 53.7 Å². The molecule has 1 amide bonds. The first kappa shape index (κ1) is 38.0. The van der Waals surface area contributed by atoms with Gasteiger partial charge in [0.05, 0.1) is 69.9 Å². The van der Waals surface area contributed by atoms with E-state index in [2.05, 4.69) is 57.2 Å². The number of amides is 1. The summed E-state index contributed by atoms with van der Waals surface area (Å²) in [4.78, 5) is 41.3. The molecule has 53 heavy (non-hydrogen) atoms. The van der Waals surface area contributed by atoms with Crippen LogP contribution < -0.4 is 14.5 Å². The summed E-state index contributed by atoms with van der Waals surface area (Å²) in [5, 5.41) is 21.6. The molecule has 1 N–H and O–H groups in total. The fourth-order valence-corrected chi connectivity index (χ4v) is 7.35. The Labute approximate surface area is 309 Å². The van der Waals surface area contributed by atoms with Crippen LogP contribution in [-0.4, -0.2) is 141 Å². The fourth-order valence-electron chi connectivity index (χ4n) is 7.35. The molecule has 6 rings (SSSR count). The number of carbonyl (C=O) groups is 2. The number of esters is 1. The normalized spacial score (nSPS) is 20.3. The number of nitrogens with zero attached hydrogens (tertiary/aromatic N) is 7. The van der Waals surface area contributed by atoms with Gasteiger partial charge in [0.2, 0.25) is 0 Å². The molecule has 1 aromatic heterocycles. The van der Waals surface area contributed by atoms with Crippen molar-refractivity contribution < 1.29 is 38.4 Å². The zero-order valence-electron chi connectivity index (χ0n) is 30.5. The van der Waals surface area contributed by atoms with E-state index >= 15 is 0 Å². The lowest BCUT2D eigenvalue weighted by atomic mass is 10.0. The Kier molecular flexibility index (Phi) is 13.1. The van der Waals surface area contributed by atoms with Crippen molar-refractivity contribution in [2.24, 2.45) is 0 Å². The van der Waals surface area contributed by atoms with Gasteiger partial charge in [-0.25, -0.2) is 9.59 Å². The van der Waals surface area contributed by atoms with Gasteiger partial charge >= 0.3 is 18.1 Å². The monoisotopic (exact) mass is 731 g/mol. The van der Waals surface area contributed by atoms with Crippen LogP contribution in [0.5, 0.6) is 6.01 Å². The molecule has 3 aliphatic heterocycles. The number of likely N-dealkylation sites (tertiary alicyclic amines) is 1. The molecular weight excluding hydrogens is 682 g/mol. The number of carboxylic acid groups (broad SMARTS) is 1. The lowest BCUT2D eigenvalue weighted by molar-refractivity contribution is -0.149. The molecule has 0 spiro atoms. The summed E-state index contributed by atoms with van der Waals surface area (Å²) < 4.78 is 28.1. The highest BCUT2D eigenvalue weighted by Crippen LogP contribution is 2.35. The smallest absolute Gasteiger partial charge is 0.407 e. The SMILES string of the molecule is CCOC(=O)COCCOCCO[C@@H]1C[C@@H](COc2nc3c(c(N4CCN(C(=O)O)C(CC#N)C4)n2)CCN(c2cccc4ccccc24)C3)N(C)C1. The predicted molar refractivity (Wildman–Crippen MR) is 196 cm³/mol. The van der Waals surface area contributed by atoms with Crippen molar-refractivity contribution in [3.63, 3.8) is 0 Å². The van der Waals surface area contributed by atoms with E-state index < -0.39 is 12.1 Å². The highest BCUT2D eigenvalue weighted by Gasteiger charge is 2.35. The maximum atomic E-state index is 12.0. The Hall–Kier alpha value is -4.75. The highest BCUT2D eigenvalue weighted by atomic mass is 16.6. The average molecular weight is 732 g/mol. The second kappa shape index (κ2) is 18.3. The lowest BCUT2D eigenvalue weighted by Gasteiger charge is -2.41. The van der Waals surface area contributed by atoms with Crippen molar-refractivity contribution in [2.45, 2.75) is 50.9 Å². The van der Waals surface area contributed by atoms with Crippen molar-refractivity contribution in [3.8, 4) is 12.1 Å². The summed E-state index contributed by atoms with van der Waals surface area (Å²) in [5.74, 6) is 0.367. The topological polar surface area (TPSA) is 163 Å². The van der Waals surface area contributed by atoms with Gasteiger partial charge in [-0.15, -0.1) is 0 Å². The number of ether oxygens (including phenoxy) is 5. The highest BCUT2D eigenvalue weighted by molar-refractivity contribution is 5.94. The van der Waals surface area contributed by atoms with Crippen molar-refractivity contribution in [2.75, 3.05) is 95.8 Å². The van der Waals surface area contributed by atoms with Crippen LogP contribution in [-0.2, 0) is 36.7 Å². The van der Waals surface area contributed by atoms with E-state index in [1.807, 2.05) is 13.1 Å². The molecule has 2 saturated heterocycles. The second-order valence-electron chi connectivity index (χ2n) is 13.5. The first-order valence-electron chi connectivity index (χ1n) is 18.3. The first-order valence-corrected chi connectivity index (χ1v) is 18.3. The van der Waals surface area contributed by atoms with Gasteiger partial charge in [0, 0.05) is 55.4 Å². The minimum Gasteiger partial charge on any atom is -0.465 e. The van der Waals surface area contributed by atoms with E-state index in [-0.39, 0.29) is 43.7 Å². The van der Waals surface area contributed by atoms with Crippen molar-refractivity contribution in [1.29, 1.82) is 5.26 Å². The number of anilines is 2. The van der Waals surface area contributed by atoms with Crippen molar-refractivity contribution in [1.82, 2.24) is 19.8 Å². The molecular formula is C38H49N7O8. The van der Waals surface area contributed by atoms with E-state index in [0.717, 1.165) is 42.3 Å². The third kappa shape index (κ3) is 9.63. The number of hydrogen-bond acceptors (Lipinski definition) is 13. The second-order valence-corrected chi connectivity index (χ2v) is 13.5. The van der Waals surface area contributed by atoms with Crippen LogP contribution in [0.3, 0.4) is 0 Å². The van der Waals surface area contributed by atoms with Crippen LogP contribution in [0.4, 0.5) is 16.3 Å².